The molecule has 11 nitrogen and oxygen atoms in total. The van der Waals surface area contributed by atoms with E-state index in [0.29, 0.717) is 5.56 Å². The van der Waals surface area contributed by atoms with Crippen LogP contribution in [-0.4, -0.2) is 41.4 Å². The quantitative estimate of drug-likeness (QED) is 0.335. The number of H-pyrrole nitrogens is 1. The number of benzene rings is 1. The number of rotatable bonds is 9. The first-order valence-electron chi connectivity index (χ1n) is 9.62. The lowest BCUT2D eigenvalue weighted by molar-refractivity contribution is -0.148. The number of hydrogen-bond acceptors (Lipinski definition) is 9. The topological polar surface area (TPSA) is 135 Å². The van der Waals surface area contributed by atoms with Gasteiger partial charge in [0.15, 0.2) is 12.3 Å². The monoisotopic (exact) mass is 466 g/mol. The number of aryl methyl sites for hydroxylation is 1. The van der Waals surface area contributed by atoms with Crippen molar-refractivity contribution >= 4 is 13.8 Å². The Kier molecular flexibility index (Phi) is 7.47. The molecule has 1 aliphatic heterocycles. The fraction of sp³-hybridized carbons (Fsp3) is 0.350. The molecular formula is C20H23N2O9P. The number of aromatic amines is 1. The number of carbonyl (C=O) groups is 1. The van der Waals surface area contributed by atoms with Crippen LogP contribution in [0.4, 0.5) is 0 Å². The molecule has 1 aromatic heterocycles. The maximum absolute atomic E-state index is 13.2. The van der Waals surface area contributed by atoms with Gasteiger partial charge in [0.2, 0.25) is 0 Å². The Morgan fingerprint density at radius 2 is 1.97 bits per heavy atom. The summed E-state index contributed by atoms with van der Waals surface area (Å²) in [7, 11) is -3.09. The molecule has 3 rings (SSSR count). The number of methoxy groups -OCH3 is 1. The highest BCUT2D eigenvalue weighted by atomic mass is 31.2. The predicted molar refractivity (Wildman–Crippen MR) is 112 cm³/mol. The summed E-state index contributed by atoms with van der Waals surface area (Å²) >= 11 is 0. The minimum absolute atomic E-state index is 0.212. The molecule has 2 heterocycles. The van der Waals surface area contributed by atoms with E-state index in [1.54, 1.807) is 49.4 Å². The molecule has 1 aliphatic rings. The summed E-state index contributed by atoms with van der Waals surface area (Å²) in [6.07, 6.45) is 1.86. The Labute approximate surface area is 183 Å². The van der Waals surface area contributed by atoms with Crippen LogP contribution in [0.1, 0.15) is 18.7 Å². The Bertz CT molecular complexity index is 1140. The van der Waals surface area contributed by atoms with Gasteiger partial charge in [0.25, 0.3) is 5.56 Å². The van der Waals surface area contributed by atoms with Gasteiger partial charge in [-0.2, -0.15) is 0 Å². The van der Waals surface area contributed by atoms with Gasteiger partial charge in [0.05, 0.1) is 13.7 Å². The second-order valence-electron chi connectivity index (χ2n) is 6.85. The number of phosphoric ester groups is 1. The summed E-state index contributed by atoms with van der Waals surface area (Å²) in [5.41, 5.74) is -0.776. The van der Waals surface area contributed by atoms with Crippen molar-refractivity contribution in [2.24, 2.45) is 0 Å². The minimum Gasteiger partial charge on any atom is -0.467 e. The van der Waals surface area contributed by atoms with Gasteiger partial charge in [0, 0.05) is 11.8 Å². The first-order chi connectivity index (χ1) is 15.2. The van der Waals surface area contributed by atoms with Gasteiger partial charge in [0.1, 0.15) is 11.9 Å². The third kappa shape index (κ3) is 5.83. The molecule has 0 saturated heterocycles. The molecule has 0 radical (unpaired) electrons. The summed E-state index contributed by atoms with van der Waals surface area (Å²) in [6.45, 7) is 2.65. The van der Waals surface area contributed by atoms with Crippen LogP contribution < -0.4 is 15.8 Å². The van der Waals surface area contributed by atoms with Crippen molar-refractivity contribution in [2.75, 3.05) is 13.7 Å². The van der Waals surface area contributed by atoms with E-state index in [0.717, 1.165) is 0 Å². The van der Waals surface area contributed by atoms with Crippen molar-refractivity contribution in [3.8, 4) is 5.75 Å². The van der Waals surface area contributed by atoms with E-state index < -0.39 is 43.5 Å². The molecule has 0 fully saturated rings. The van der Waals surface area contributed by atoms with Crippen molar-refractivity contribution < 1.29 is 32.4 Å². The molecule has 0 aliphatic carbocycles. The van der Waals surface area contributed by atoms with Crippen molar-refractivity contribution in [2.45, 2.75) is 32.3 Å². The molecule has 1 unspecified atom stereocenters. The van der Waals surface area contributed by atoms with Gasteiger partial charge in [-0.1, -0.05) is 24.3 Å². The third-order valence-corrected chi connectivity index (χ3v) is 5.88. The van der Waals surface area contributed by atoms with Crippen LogP contribution in [0.25, 0.3) is 0 Å². The normalized spacial score (nSPS) is 20.5. The second kappa shape index (κ2) is 10.1. The van der Waals surface area contributed by atoms with Crippen LogP contribution in [0.3, 0.4) is 0 Å². The highest BCUT2D eigenvalue weighted by molar-refractivity contribution is 7.49. The van der Waals surface area contributed by atoms with E-state index >= 15 is 0 Å². The number of carbonyl (C=O) groups excluding carboxylic acids is 1. The summed E-state index contributed by atoms with van der Waals surface area (Å²) < 4.78 is 40.8. The zero-order valence-electron chi connectivity index (χ0n) is 17.6. The number of esters is 1. The molecule has 4 atom stereocenters. The van der Waals surface area contributed by atoms with Gasteiger partial charge >= 0.3 is 19.5 Å². The van der Waals surface area contributed by atoms with E-state index in [1.165, 1.54) is 24.8 Å². The maximum atomic E-state index is 13.2. The smallest absolute Gasteiger partial charge is 0.467 e. The van der Waals surface area contributed by atoms with Crippen LogP contribution in [-0.2, 0) is 27.9 Å². The summed E-state index contributed by atoms with van der Waals surface area (Å²) in [5, 5.41) is 0. The SMILES string of the molecule is COC(=O)[C@H](C)OP(=O)(OC[C@@H]1C=C[C@H](n2cc(C)c(=O)[nH]c2=O)O1)Oc1ccccc1. The zero-order chi connectivity index (χ0) is 23.3. The predicted octanol–water partition coefficient (Wildman–Crippen LogP) is 2.08. The van der Waals surface area contributed by atoms with Crippen molar-refractivity contribution in [3.63, 3.8) is 0 Å². The average Bonchev–Trinajstić information content (AvgIpc) is 3.23. The second-order valence-corrected chi connectivity index (χ2v) is 8.39. The fourth-order valence-corrected chi connectivity index (χ4v) is 4.11. The Hall–Kier alpha value is -2.98. The van der Waals surface area contributed by atoms with Crippen LogP contribution in [0, 0.1) is 6.92 Å². The molecule has 0 spiro atoms. The van der Waals surface area contributed by atoms with Crippen molar-refractivity contribution in [1.82, 2.24) is 9.55 Å². The van der Waals surface area contributed by atoms with E-state index in [4.69, 9.17) is 18.3 Å². The molecular weight excluding hydrogens is 443 g/mol. The Balaban J connectivity index is 1.69. The first-order valence-corrected chi connectivity index (χ1v) is 11.1. The number of aromatic nitrogens is 2. The number of para-hydroxylation sites is 1. The molecule has 0 saturated carbocycles. The van der Waals surface area contributed by atoms with E-state index in [9.17, 15) is 18.9 Å². The fourth-order valence-electron chi connectivity index (χ4n) is 2.77. The van der Waals surface area contributed by atoms with Crippen LogP contribution in [0.5, 0.6) is 5.75 Å². The van der Waals surface area contributed by atoms with E-state index in [-0.39, 0.29) is 12.4 Å². The van der Waals surface area contributed by atoms with Gasteiger partial charge in [-0.25, -0.2) is 14.2 Å². The average molecular weight is 466 g/mol. The lowest BCUT2D eigenvalue weighted by Crippen LogP contribution is -2.33. The largest absolute Gasteiger partial charge is 0.530 e. The number of nitrogens with zero attached hydrogens (tertiary/aromatic N) is 1. The Morgan fingerprint density at radius 3 is 2.66 bits per heavy atom. The van der Waals surface area contributed by atoms with Crippen molar-refractivity contribution in [3.05, 3.63) is 75.1 Å². The number of ether oxygens (including phenoxy) is 2. The van der Waals surface area contributed by atoms with Gasteiger partial charge in [-0.05, 0) is 32.1 Å². The van der Waals surface area contributed by atoms with E-state index in [1.807, 2.05) is 0 Å². The molecule has 1 N–H and O–H groups in total. The molecule has 2 aromatic rings. The van der Waals surface area contributed by atoms with Gasteiger partial charge < -0.3 is 14.0 Å². The molecule has 172 valence electrons. The first kappa shape index (κ1) is 23.7. The number of phosphoric acid groups is 1. The van der Waals surface area contributed by atoms with Gasteiger partial charge in [-0.15, -0.1) is 0 Å². The maximum Gasteiger partial charge on any atom is 0.530 e. The lowest BCUT2D eigenvalue weighted by Gasteiger charge is -2.22. The van der Waals surface area contributed by atoms with Crippen LogP contribution in [0.15, 0.2) is 58.3 Å². The molecule has 1 aromatic carbocycles. The molecule has 0 bridgehead atoms. The number of nitrogens with one attached hydrogen (secondary N) is 1. The number of hydrogen-bond donors (Lipinski definition) is 1. The highest BCUT2D eigenvalue weighted by Crippen LogP contribution is 2.51. The zero-order valence-corrected chi connectivity index (χ0v) is 18.5. The highest BCUT2D eigenvalue weighted by Gasteiger charge is 2.36. The summed E-state index contributed by atoms with van der Waals surface area (Å²) in [4.78, 5) is 37.5. The minimum atomic E-state index is -4.26. The standard InChI is InChI=1S/C20H23N2O9P/c1-13-11-22(20(25)21-18(13)23)17-10-9-16(29-17)12-28-32(26,30-14(2)19(24)27-3)31-15-7-5-4-6-8-15/h4-11,14,16-17H,12H2,1-3H3,(H,21,23,25)/t14-,16-,17+,32?/m0/s1. The molecule has 12 heteroatoms. The van der Waals surface area contributed by atoms with Crippen LogP contribution in [0.2, 0.25) is 0 Å². The molecule has 32 heavy (non-hydrogen) atoms. The Morgan fingerprint density at radius 1 is 1.25 bits per heavy atom. The van der Waals surface area contributed by atoms with Crippen molar-refractivity contribution in [1.29, 1.82) is 0 Å². The van der Waals surface area contributed by atoms with Gasteiger partial charge in [-0.3, -0.25) is 23.4 Å². The molecule has 0 amide bonds. The van der Waals surface area contributed by atoms with E-state index in [2.05, 4.69) is 9.72 Å². The third-order valence-electron chi connectivity index (χ3n) is 4.40. The lowest BCUT2D eigenvalue weighted by atomic mass is 10.3. The summed E-state index contributed by atoms with van der Waals surface area (Å²) in [5.74, 6) is -0.542. The summed E-state index contributed by atoms with van der Waals surface area (Å²) in [6, 6.07) is 8.18. The van der Waals surface area contributed by atoms with Crippen LogP contribution >= 0.6 is 7.82 Å².